The standard InChI is InChI=1S/C27H39N2.C5H4ClN.2ClH.Pd/c1-18(2)22-11-9-12-23(19(3)4)26(22)28-15-16-29(17-28)27-24(20(5)6)13-10-14-25(27)21(7)8;6-5-2-1-3-7-4-5;;;/h9-14,17-21H,15-16H2,1-8H3;1-4H;2*1H;/q-1;;;;+2/p-2. The molecule has 7 heteroatoms. The molecule has 1 saturated heterocycles. The Balaban J connectivity index is 0.000000450. The number of para-hydroxylation sites is 2. The molecule has 3 aromatic rings. The summed E-state index contributed by atoms with van der Waals surface area (Å²) < 4.78 is 0. The van der Waals surface area contributed by atoms with Crippen LogP contribution in [0, 0.1) is 6.67 Å². The molecule has 1 aliphatic heterocycles. The van der Waals surface area contributed by atoms with Gasteiger partial charge in [-0.05, 0) is 58.1 Å². The van der Waals surface area contributed by atoms with Gasteiger partial charge in [-0.3, -0.25) is 4.98 Å². The summed E-state index contributed by atoms with van der Waals surface area (Å²) in [5.41, 5.74) is 8.67. The Kier molecular flexibility index (Phi) is 14.7. The van der Waals surface area contributed by atoms with E-state index in [2.05, 4.69) is 113 Å². The van der Waals surface area contributed by atoms with E-state index < -0.39 is 0 Å². The second kappa shape index (κ2) is 16.9. The van der Waals surface area contributed by atoms with Crippen molar-refractivity contribution in [2.24, 2.45) is 0 Å². The summed E-state index contributed by atoms with van der Waals surface area (Å²) in [6.45, 7) is 22.9. The average molecular weight is 682 g/mol. The van der Waals surface area contributed by atoms with Crippen molar-refractivity contribution in [3.63, 3.8) is 0 Å². The van der Waals surface area contributed by atoms with Crippen molar-refractivity contribution in [1.82, 2.24) is 4.98 Å². The van der Waals surface area contributed by atoms with Crippen molar-refractivity contribution in [2.75, 3.05) is 22.9 Å². The van der Waals surface area contributed by atoms with E-state index in [9.17, 15) is 0 Å². The molecule has 1 aliphatic rings. The van der Waals surface area contributed by atoms with Crippen molar-refractivity contribution >= 4 is 42.0 Å². The summed E-state index contributed by atoms with van der Waals surface area (Å²) >= 11 is 5.37. The maximum absolute atomic E-state index is 5.48. The van der Waals surface area contributed by atoms with E-state index in [1.807, 2.05) is 0 Å². The van der Waals surface area contributed by atoms with Gasteiger partial charge in [0.15, 0.2) is 0 Å². The Labute approximate surface area is 258 Å². The van der Waals surface area contributed by atoms with Crippen molar-refractivity contribution < 1.29 is 15.9 Å². The van der Waals surface area contributed by atoms with Gasteiger partial charge in [-0.15, -0.1) is 0 Å². The van der Waals surface area contributed by atoms with E-state index in [-0.39, 0.29) is 15.9 Å². The molecule has 0 unspecified atom stereocenters. The van der Waals surface area contributed by atoms with E-state index in [1.54, 1.807) is 24.5 Å². The molecule has 2 heterocycles. The topological polar surface area (TPSA) is 19.4 Å². The second-order valence-corrected chi connectivity index (χ2v) is 13.7. The number of benzene rings is 2. The van der Waals surface area contributed by atoms with E-state index in [0.717, 1.165) is 13.1 Å². The number of aromatic nitrogens is 1. The van der Waals surface area contributed by atoms with Crippen molar-refractivity contribution in [2.45, 2.75) is 79.1 Å². The van der Waals surface area contributed by atoms with Crippen LogP contribution in [0.1, 0.15) is 101 Å². The molecule has 0 spiro atoms. The molecule has 4 rings (SSSR count). The summed E-state index contributed by atoms with van der Waals surface area (Å²) in [6, 6.07) is 17.3. The van der Waals surface area contributed by atoms with E-state index in [0.29, 0.717) is 28.7 Å². The molecule has 0 aliphatic carbocycles. The average Bonchev–Trinajstić information content (AvgIpc) is 3.38. The number of nitrogens with zero attached hydrogens (tertiary/aromatic N) is 3. The fraction of sp³-hybridized carbons (Fsp3) is 0.438. The van der Waals surface area contributed by atoms with Crippen LogP contribution in [0.4, 0.5) is 11.4 Å². The molecule has 1 fully saturated rings. The Hall–Kier alpha value is -1.28. The molecule has 1 aromatic heterocycles. The molecule has 3 nitrogen and oxygen atoms in total. The van der Waals surface area contributed by atoms with Gasteiger partial charge < -0.3 is 9.80 Å². The molecule has 0 bridgehead atoms. The van der Waals surface area contributed by atoms with Crippen molar-refractivity contribution in [3.8, 4) is 0 Å². The minimum absolute atomic E-state index is 0.106. The first kappa shape index (κ1) is 33.9. The van der Waals surface area contributed by atoms with Gasteiger partial charge in [0.05, 0.1) is 5.02 Å². The summed E-state index contributed by atoms with van der Waals surface area (Å²) in [5, 5.41) is 0.683. The first-order chi connectivity index (χ1) is 18.5. The zero-order valence-corrected chi connectivity index (χ0v) is 28.2. The number of anilines is 2. The third-order valence-corrected chi connectivity index (χ3v) is 6.97. The van der Waals surface area contributed by atoms with Gasteiger partial charge in [-0.25, -0.2) is 0 Å². The summed E-state index contributed by atoms with van der Waals surface area (Å²) in [4.78, 5) is 8.76. The first-order valence-electron chi connectivity index (χ1n) is 13.5. The SMILES string of the molecule is CC(C)c1cccc(C(C)C)c1N1[CH-]N(c2c(C(C)C)cccc2C(C)C)CC1.Clc1cccnc1.[Cl][Pd][Cl]. The fourth-order valence-corrected chi connectivity index (χ4v) is 5.00. The summed E-state index contributed by atoms with van der Waals surface area (Å²) in [6.07, 6.45) is 3.29. The number of hydrogen-bond acceptors (Lipinski definition) is 3. The number of hydrogen-bond donors (Lipinski definition) is 0. The third-order valence-electron chi connectivity index (χ3n) is 6.75. The molecular formula is C32H43Cl3N3Pd-. The molecule has 0 atom stereocenters. The third kappa shape index (κ3) is 9.65. The van der Waals surface area contributed by atoms with Gasteiger partial charge in [0, 0.05) is 36.9 Å². The normalized spacial score (nSPS) is 13.2. The van der Waals surface area contributed by atoms with Crippen molar-refractivity contribution in [1.29, 1.82) is 0 Å². The van der Waals surface area contributed by atoms with E-state index >= 15 is 0 Å². The molecule has 0 amide bonds. The number of pyridine rings is 1. The molecule has 0 saturated carbocycles. The Morgan fingerprint density at radius 3 is 1.26 bits per heavy atom. The molecular weight excluding hydrogens is 639 g/mol. The predicted octanol–water partition coefficient (Wildman–Crippen LogP) is 10.7. The Morgan fingerprint density at radius 1 is 0.667 bits per heavy atom. The van der Waals surface area contributed by atoms with E-state index in [4.69, 9.17) is 30.7 Å². The predicted molar refractivity (Wildman–Crippen MR) is 169 cm³/mol. The molecule has 218 valence electrons. The zero-order valence-electron chi connectivity index (χ0n) is 24.4. The van der Waals surface area contributed by atoms with E-state index in [1.165, 1.54) is 33.6 Å². The van der Waals surface area contributed by atoms with Crippen LogP contribution >= 0.6 is 30.7 Å². The maximum atomic E-state index is 5.48. The van der Waals surface area contributed by atoms with Crippen LogP contribution in [0.15, 0.2) is 60.9 Å². The first-order valence-corrected chi connectivity index (χ1v) is 17.9. The van der Waals surface area contributed by atoms with Crippen LogP contribution in [-0.2, 0) is 15.9 Å². The Morgan fingerprint density at radius 2 is 1.03 bits per heavy atom. The summed E-state index contributed by atoms with van der Waals surface area (Å²) in [5.74, 6) is 2.06. The molecule has 0 radical (unpaired) electrons. The fourth-order valence-electron chi connectivity index (χ4n) is 4.87. The van der Waals surface area contributed by atoms with Crippen LogP contribution in [-0.4, -0.2) is 18.1 Å². The summed E-state index contributed by atoms with van der Waals surface area (Å²) in [7, 11) is 9.63. The second-order valence-electron chi connectivity index (χ2n) is 10.9. The van der Waals surface area contributed by atoms with Crippen LogP contribution in [0.5, 0.6) is 0 Å². The van der Waals surface area contributed by atoms with Crippen molar-refractivity contribution in [3.05, 3.63) is 94.9 Å². The van der Waals surface area contributed by atoms with Gasteiger partial charge in [0.2, 0.25) is 0 Å². The van der Waals surface area contributed by atoms with Crippen LogP contribution < -0.4 is 9.80 Å². The molecule has 2 aromatic carbocycles. The zero-order chi connectivity index (χ0) is 29.1. The van der Waals surface area contributed by atoms with Gasteiger partial charge in [0.1, 0.15) is 0 Å². The van der Waals surface area contributed by atoms with Gasteiger partial charge in [-0.2, -0.15) is 6.67 Å². The van der Waals surface area contributed by atoms with Gasteiger partial charge in [-0.1, -0.05) is 103 Å². The van der Waals surface area contributed by atoms with Crippen LogP contribution in [0.25, 0.3) is 0 Å². The quantitative estimate of drug-likeness (QED) is 0.191. The monoisotopic (exact) mass is 680 g/mol. The minimum atomic E-state index is -0.106. The van der Waals surface area contributed by atoms with Gasteiger partial charge in [0.25, 0.3) is 0 Å². The van der Waals surface area contributed by atoms with Crippen LogP contribution in [0.3, 0.4) is 0 Å². The number of halogens is 3. The molecule has 39 heavy (non-hydrogen) atoms. The van der Waals surface area contributed by atoms with Gasteiger partial charge >= 0.3 is 35.0 Å². The number of rotatable bonds is 6. The Bertz CT molecular complexity index is 1010. The molecule has 0 N–H and O–H groups in total. The van der Waals surface area contributed by atoms with Crippen LogP contribution in [0.2, 0.25) is 5.02 Å².